The Bertz CT molecular complexity index is 452. The summed E-state index contributed by atoms with van der Waals surface area (Å²) in [5.41, 5.74) is 4.19. The molecule has 0 bridgehead atoms. The van der Waals surface area contributed by atoms with Gasteiger partial charge in [-0.2, -0.15) is 0 Å². The molecule has 1 heterocycles. The van der Waals surface area contributed by atoms with E-state index in [1.54, 1.807) is 6.92 Å². The molecule has 1 aromatic carbocycles. The molecule has 0 N–H and O–H groups in total. The zero-order chi connectivity index (χ0) is 11.3. The van der Waals surface area contributed by atoms with Gasteiger partial charge in [0.15, 0.2) is 0 Å². The second kappa shape index (κ2) is 3.34. The van der Waals surface area contributed by atoms with Crippen LogP contribution in [0.15, 0.2) is 18.2 Å². The molecule has 2 nitrogen and oxygen atoms in total. The number of hydrogen-bond acceptors (Lipinski definition) is 2. The minimum absolute atomic E-state index is 0.303. The number of anilines is 1. The number of carbonyl (C=O) groups is 1. The van der Waals surface area contributed by atoms with Gasteiger partial charge in [0.1, 0.15) is 5.78 Å². The van der Waals surface area contributed by atoms with E-state index in [0.717, 1.165) is 19.4 Å². The molecule has 1 aromatic rings. The van der Waals surface area contributed by atoms with Gasteiger partial charge in [-0.15, -0.1) is 0 Å². The molecular weight excluding hydrogens is 198 g/mol. The SMILES string of the molecule is CC(=O)C1CC1c1ccc2c(c1)CCN2C. The molecule has 2 aliphatic rings. The smallest absolute Gasteiger partial charge is 0.133 e. The maximum atomic E-state index is 11.3. The number of nitrogens with zero attached hydrogens (tertiary/aromatic N) is 1. The summed E-state index contributed by atoms with van der Waals surface area (Å²) < 4.78 is 0. The Hall–Kier alpha value is -1.31. The van der Waals surface area contributed by atoms with Crippen LogP contribution >= 0.6 is 0 Å². The van der Waals surface area contributed by atoms with Crippen LogP contribution in [0.1, 0.15) is 30.4 Å². The summed E-state index contributed by atoms with van der Waals surface area (Å²) in [7, 11) is 2.14. The predicted octanol–water partition coefficient (Wildman–Crippen LogP) is 2.37. The van der Waals surface area contributed by atoms with Gasteiger partial charge in [0, 0.05) is 25.2 Å². The minimum atomic E-state index is 0.303. The van der Waals surface area contributed by atoms with Gasteiger partial charge in [0.25, 0.3) is 0 Å². The van der Waals surface area contributed by atoms with Gasteiger partial charge in [-0.3, -0.25) is 4.79 Å². The van der Waals surface area contributed by atoms with Gasteiger partial charge in [0.2, 0.25) is 0 Å². The lowest BCUT2D eigenvalue weighted by atomic mass is 10.0. The Kier molecular flexibility index (Phi) is 2.06. The Morgan fingerprint density at radius 2 is 2.25 bits per heavy atom. The second-order valence-corrected chi connectivity index (χ2v) is 5.12. The van der Waals surface area contributed by atoms with E-state index in [9.17, 15) is 4.79 Å². The fraction of sp³-hybridized carbons (Fsp3) is 0.500. The number of fused-ring (bicyclic) bond motifs is 1. The van der Waals surface area contributed by atoms with Crippen molar-refractivity contribution in [3.05, 3.63) is 29.3 Å². The van der Waals surface area contributed by atoms with E-state index in [0.29, 0.717) is 17.6 Å². The first-order chi connectivity index (χ1) is 7.66. The quantitative estimate of drug-likeness (QED) is 0.755. The van der Waals surface area contributed by atoms with Gasteiger partial charge < -0.3 is 4.90 Å². The van der Waals surface area contributed by atoms with E-state index >= 15 is 0 Å². The standard InChI is InChI=1S/C14H17NO/c1-9(16)12-8-13(12)10-3-4-14-11(7-10)5-6-15(14)2/h3-4,7,12-13H,5-6,8H2,1-2H3. The Morgan fingerprint density at radius 3 is 2.94 bits per heavy atom. The largest absolute Gasteiger partial charge is 0.374 e. The van der Waals surface area contributed by atoms with Crippen molar-refractivity contribution < 1.29 is 4.79 Å². The molecule has 0 amide bonds. The second-order valence-electron chi connectivity index (χ2n) is 5.12. The first-order valence-corrected chi connectivity index (χ1v) is 6.01. The zero-order valence-corrected chi connectivity index (χ0v) is 9.86. The molecule has 16 heavy (non-hydrogen) atoms. The first kappa shape index (κ1) is 9.88. The van der Waals surface area contributed by atoms with E-state index in [-0.39, 0.29) is 0 Å². The fourth-order valence-corrected chi connectivity index (χ4v) is 2.83. The van der Waals surface area contributed by atoms with E-state index in [4.69, 9.17) is 0 Å². The monoisotopic (exact) mass is 215 g/mol. The Balaban J connectivity index is 1.86. The molecule has 2 unspecified atom stereocenters. The fourth-order valence-electron chi connectivity index (χ4n) is 2.83. The van der Waals surface area contributed by atoms with Crippen LogP contribution in [0, 0.1) is 5.92 Å². The van der Waals surface area contributed by atoms with E-state index < -0.39 is 0 Å². The molecule has 0 radical (unpaired) electrons. The predicted molar refractivity (Wildman–Crippen MR) is 64.9 cm³/mol. The molecule has 0 spiro atoms. The van der Waals surface area contributed by atoms with Crippen LogP contribution in [0.25, 0.3) is 0 Å². The van der Waals surface area contributed by atoms with Crippen molar-refractivity contribution in [2.24, 2.45) is 5.92 Å². The van der Waals surface area contributed by atoms with Gasteiger partial charge in [-0.25, -0.2) is 0 Å². The Labute approximate surface area is 96.3 Å². The normalized spacial score (nSPS) is 26.8. The zero-order valence-electron chi connectivity index (χ0n) is 9.86. The van der Waals surface area contributed by atoms with E-state index in [1.165, 1.54) is 16.8 Å². The van der Waals surface area contributed by atoms with Crippen LogP contribution in [-0.2, 0) is 11.2 Å². The molecule has 0 aromatic heterocycles. The summed E-state index contributed by atoms with van der Waals surface area (Å²) >= 11 is 0. The number of benzene rings is 1. The van der Waals surface area contributed by atoms with Crippen molar-refractivity contribution in [3.8, 4) is 0 Å². The molecule has 0 saturated heterocycles. The summed E-state index contributed by atoms with van der Waals surface area (Å²) in [5, 5.41) is 0. The molecule has 1 saturated carbocycles. The first-order valence-electron chi connectivity index (χ1n) is 6.01. The van der Waals surface area contributed by atoms with Crippen molar-refractivity contribution in [1.82, 2.24) is 0 Å². The number of rotatable bonds is 2. The number of carbonyl (C=O) groups excluding carboxylic acids is 1. The molecule has 2 atom stereocenters. The highest BCUT2D eigenvalue weighted by Crippen LogP contribution is 2.48. The molecule has 3 rings (SSSR count). The topological polar surface area (TPSA) is 20.3 Å². The highest BCUT2D eigenvalue weighted by Gasteiger charge is 2.41. The maximum absolute atomic E-state index is 11.3. The van der Waals surface area contributed by atoms with Crippen LogP contribution < -0.4 is 4.90 Å². The summed E-state index contributed by atoms with van der Waals surface area (Å²) in [6, 6.07) is 6.73. The summed E-state index contributed by atoms with van der Waals surface area (Å²) in [4.78, 5) is 13.6. The van der Waals surface area contributed by atoms with Crippen LogP contribution in [0.4, 0.5) is 5.69 Å². The van der Waals surface area contributed by atoms with Crippen molar-refractivity contribution >= 4 is 11.5 Å². The van der Waals surface area contributed by atoms with Gasteiger partial charge in [-0.05, 0) is 42.9 Å². The number of likely N-dealkylation sites (N-methyl/N-ethyl adjacent to an activating group) is 1. The Morgan fingerprint density at radius 1 is 1.44 bits per heavy atom. The minimum Gasteiger partial charge on any atom is -0.374 e. The summed E-state index contributed by atoms with van der Waals surface area (Å²) in [6.45, 7) is 2.84. The van der Waals surface area contributed by atoms with Crippen LogP contribution in [0.2, 0.25) is 0 Å². The van der Waals surface area contributed by atoms with Crippen molar-refractivity contribution in [2.75, 3.05) is 18.5 Å². The molecule has 1 fully saturated rings. The lowest BCUT2D eigenvalue weighted by Crippen LogP contribution is -2.12. The van der Waals surface area contributed by atoms with Crippen molar-refractivity contribution in [2.45, 2.75) is 25.7 Å². The van der Waals surface area contributed by atoms with Crippen LogP contribution in [-0.4, -0.2) is 19.4 Å². The third-order valence-corrected chi connectivity index (χ3v) is 3.97. The number of hydrogen-bond donors (Lipinski definition) is 0. The maximum Gasteiger partial charge on any atom is 0.133 e. The van der Waals surface area contributed by atoms with E-state index in [1.807, 2.05) is 0 Å². The van der Waals surface area contributed by atoms with Crippen molar-refractivity contribution in [1.29, 1.82) is 0 Å². The number of ketones is 1. The highest BCUT2D eigenvalue weighted by atomic mass is 16.1. The number of Topliss-reactive ketones (excluding diaryl/α,β-unsaturated/α-hetero) is 1. The molecule has 2 heteroatoms. The van der Waals surface area contributed by atoms with Crippen LogP contribution in [0.5, 0.6) is 0 Å². The van der Waals surface area contributed by atoms with Gasteiger partial charge in [-0.1, -0.05) is 12.1 Å². The molecule has 84 valence electrons. The van der Waals surface area contributed by atoms with Gasteiger partial charge in [0.05, 0.1) is 0 Å². The summed E-state index contributed by atoms with van der Waals surface area (Å²) in [6.07, 6.45) is 2.21. The average molecular weight is 215 g/mol. The average Bonchev–Trinajstić information content (AvgIpc) is 2.99. The van der Waals surface area contributed by atoms with Crippen molar-refractivity contribution in [3.63, 3.8) is 0 Å². The van der Waals surface area contributed by atoms with E-state index in [2.05, 4.69) is 30.1 Å². The lowest BCUT2D eigenvalue weighted by Gasteiger charge is -2.12. The van der Waals surface area contributed by atoms with Gasteiger partial charge >= 0.3 is 0 Å². The summed E-state index contributed by atoms with van der Waals surface area (Å²) in [5.74, 6) is 1.16. The third kappa shape index (κ3) is 1.44. The lowest BCUT2D eigenvalue weighted by molar-refractivity contribution is -0.118. The molecular formula is C14H17NO. The third-order valence-electron chi connectivity index (χ3n) is 3.97. The highest BCUT2D eigenvalue weighted by molar-refractivity contribution is 5.82. The molecule has 1 aliphatic heterocycles. The van der Waals surface area contributed by atoms with Crippen LogP contribution in [0.3, 0.4) is 0 Å². The molecule has 1 aliphatic carbocycles.